The topological polar surface area (TPSA) is 104 Å². The number of carbonyl (C=O) groups excluding carboxylic acids is 2. The van der Waals surface area contributed by atoms with Gasteiger partial charge in [-0.15, -0.1) is 0 Å². The third-order valence-corrected chi connectivity index (χ3v) is 6.05. The van der Waals surface area contributed by atoms with E-state index in [2.05, 4.69) is 15.4 Å². The second kappa shape index (κ2) is 8.02. The van der Waals surface area contributed by atoms with Gasteiger partial charge in [0.1, 0.15) is 0 Å². The number of benzene rings is 2. The maximum absolute atomic E-state index is 12.9. The van der Waals surface area contributed by atoms with Crippen LogP contribution in [0.1, 0.15) is 42.6 Å². The van der Waals surface area contributed by atoms with Crippen LogP contribution in [-0.2, 0) is 21.2 Å². The van der Waals surface area contributed by atoms with E-state index in [0.29, 0.717) is 18.5 Å². The molecule has 0 saturated carbocycles. The van der Waals surface area contributed by atoms with Crippen LogP contribution in [0.4, 0.5) is 11.4 Å². The number of aryl methyl sites for hydroxylation is 1. The highest BCUT2D eigenvalue weighted by Crippen LogP contribution is 2.27. The first-order chi connectivity index (χ1) is 13.3. The summed E-state index contributed by atoms with van der Waals surface area (Å²) in [6.07, 6.45) is 1.58. The third-order valence-electron chi connectivity index (χ3n) is 4.69. The fourth-order valence-corrected chi connectivity index (χ4v) is 4.03. The van der Waals surface area contributed by atoms with E-state index in [1.165, 1.54) is 6.07 Å². The van der Waals surface area contributed by atoms with Gasteiger partial charge < -0.3 is 10.6 Å². The van der Waals surface area contributed by atoms with E-state index in [1.807, 2.05) is 13.8 Å². The van der Waals surface area contributed by atoms with Gasteiger partial charge in [0, 0.05) is 18.2 Å². The number of nitrogens with one attached hydrogen (secondary N) is 3. The Bertz CT molecular complexity index is 1020. The lowest BCUT2D eigenvalue weighted by molar-refractivity contribution is -0.116. The number of para-hydroxylation sites is 1. The minimum atomic E-state index is -3.89. The van der Waals surface area contributed by atoms with Gasteiger partial charge in [0.25, 0.3) is 15.9 Å². The van der Waals surface area contributed by atoms with Gasteiger partial charge in [-0.05, 0) is 55.7 Å². The van der Waals surface area contributed by atoms with E-state index < -0.39 is 10.0 Å². The highest BCUT2D eigenvalue weighted by atomic mass is 32.2. The standard InChI is InChI=1S/C20H23N3O4S/c1-3-13(2)21-20(25)16-6-4-5-7-18(16)23-28(26,27)15-9-10-17-14(12-15)8-11-19(24)22-17/h4-7,9-10,12-13,23H,3,8,11H2,1-2H3,(H,21,25)(H,22,24). The van der Waals surface area contributed by atoms with Crippen LogP contribution in [0.15, 0.2) is 47.4 Å². The van der Waals surface area contributed by atoms with Gasteiger partial charge in [0.05, 0.1) is 16.1 Å². The maximum Gasteiger partial charge on any atom is 0.261 e. The molecule has 8 heteroatoms. The predicted octanol–water partition coefficient (Wildman–Crippen LogP) is 2.90. The summed E-state index contributed by atoms with van der Waals surface area (Å²) in [5.41, 5.74) is 1.87. The molecule has 7 nitrogen and oxygen atoms in total. The van der Waals surface area contributed by atoms with Crippen molar-refractivity contribution in [1.82, 2.24) is 5.32 Å². The molecular weight excluding hydrogens is 378 g/mol. The highest BCUT2D eigenvalue weighted by Gasteiger charge is 2.22. The number of sulfonamides is 1. The normalized spacial score (nSPS) is 14.6. The minimum absolute atomic E-state index is 0.0204. The molecule has 28 heavy (non-hydrogen) atoms. The Hall–Kier alpha value is -2.87. The first kappa shape index (κ1) is 19.9. The number of anilines is 2. The minimum Gasteiger partial charge on any atom is -0.350 e. The molecule has 0 spiro atoms. The van der Waals surface area contributed by atoms with Crippen LogP contribution in [-0.4, -0.2) is 26.3 Å². The summed E-state index contributed by atoms with van der Waals surface area (Å²) >= 11 is 0. The molecule has 0 aromatic heterocycles. The van der Waals surface area contributed by atoms with E-state index in [1.54, 1.807) is 36.4 Å². The van der Waals surface area contributed by atoms with Crippen molar-refractivity contribution < 1.29 is 18.0 Å². The molecule has 1 atom stereocenters. The first-order valence-electron chi connectivity index (χ1n) is 9.15. The highest BCUT2D eigenvalue weighted by molar-refractivity contribution is 7.92. The molecule has 0 radical (unpaired) electrons. The number of fused-ring (bicyclic) bond motifs is 1. The smallest absolute Gasteiger partial charge is 0.261 e. The number of amides is 2. The molecular formula is C20H23N3O4S. The molecule has 148 valence electrons. The summed E-state index contributed by atoms with van der Waals surface area (Å²) < 4.78 is 28.3. The summed E-state index contributed by atoms with van der Waals surface area (Å²) in [7, 11) is -3.89. The maximum atomic E-state index is 12.9. The van der Waals surface area contributed by atoms with Crippen molar-refractivity contribution in [1.29, 1.82) is 0 Å². The van der Waals surface area contributed by atoms with Crippen molar-refractivity contribution in [2.45, 2.75) is 44.0 Å². The molecule has 0 fully saturated rings. The van der Waals surface area contributed by atoms with Gasteiger partial charge in [-0.2, -0.15) is 0 Å². The quantitative estimate of drug-likeness (QED) is 0.692. The lowest BCUT2D eigenvalue weighted by Crippen LogP contribution is -2.32. The zero-order valence-corrected chi connectivity index (χ0v) is 16.6. The summed E-state index contributed by atoms with van der Waals surface area (Å²) in [6, 6.07) is 11.0. The van der Waals surface area contributed by atoms with E-state index in [-0.39, 0.29) is 34.0 Å². The molecule has 2 amide bonds. The summed E-state index contributed by atoms with van der Waals surface area (Å²) in [6.45, 7) is 3.84. The molecule has 1 heterocycles. The van der Waals surface area contributed by atoms with Crippen LogP contribution >= 0.6 is 0 Å². The third kappa shape index (κ3) is 4.33. The van der Waals surface area contributed by atoms with E-state index in [0.717, 1.165) is 12.0 Å². The second-order valence-electron chi connectivity index (χ2n) is 6.80. The van der Waals surface area contributed by atoms with Gasteiger partial charge in [-0.3, -0.25) is 14.3 Å². The van der Waals surface area contributed by atoms with Gasteiger partial charge in [-0.25, -0.2) is 8.42 Å². The summed E-state index contributed by atoms with van der Waals surface area (Å²) in [5.74, 6) is -0.414. The average molecular weight is 401 g/mol. The van der Waals surface area contributed by atoms with Crippen LogP contribution in [0, 0.1) is 0 Å². The van der Waals surface area contributed by atoms with Gasteiger partial charge in [-0.1, -0.05) is 19.1 Å². The van der Waals surface area contributed by atoms with Crippen molar-refractivity contribution >= 4 is 33.2 Å². The number of carbonyl (C=O) groups is 2. The fourth-order valence-electron chi connectivity index (χ4n) is 2.90. The SMILES string of the molecule is CCC(C)NC(=O)c1ccccc1NS(=O)(=O)c1ccc2c(c1)CCC(=O)N2. The Balaban J connectivity index is 1.87. The second-order valence-corrected chi connectivity index (χ2v) is 8.48. The molecule has 1 aliphatic heterocycles. The molecule has 0 saturated heterocycles. The Morgan fingerprint density at radius 2 is 1.93 bits per heavy atom. The monoisotopic (exact) mass is 401 g/mol. The Morgan fingerprint density at radius 1 is 1.18 bits per heavy atom. The van der Waals surface area contributed by atoms with Crippen LogP contribution in [0.2, 0.25) is 0 Å². The molecule has 2 aromatic carbocycles. The van der Waals surface area contributed by atoms with E-state index in [9.17, 15) is 18.0 Å². The summed E-state index contributed by atoms with van der Waals surface area (Å²) in [5, 5.41) is 5.57. The molecule has 0 aliphatic carbocycles. The van der Waals surface area contributed by atoms with Crippen molar-refractivity contribution in [3.63, 3.8) is 0 Å². The molecule has 3 rings (SSSR count). The molecule has 0 bridgehead atoms. The summed E-state index contributed by atoms with van der Waals surface area (Å²) in [4.78, 5) is 24.0. The van der Waals surface area contributed by atoms with Crippen molar-refractivity contribution in [2.24, 2.45) is 0 Å². The average Bonchev–Trinajstić information content (AvgIpc) is 2.67. The number of hydrogen-bond acceptors (Lipinski definition) is 4. The van der Waals surface area contributed by atoms with E-state index in [4.69, 9.17) is 0 Å². The van der Waals surface area contributed by atoms with Crippen LogP contribution in [0.5, 0.6) is 0 Å². The van der Waals surface area contributed by atoms with Crippen LogP contribution < -0.4 is 15.4 Å². The van der Waals surface area contributed by atoms with Crippen LogP contribution in [0.25, 0.3) is 0 Å². The van der Waals surface area contributed by atoms with E-state index >= 15 is 0 Å². The van der Waals surface area contributed by atoms with Crippen molar-refractivity contribution in [3.05, 3.63) is 53.6 Å². The Kier molecular flexibility index (Phi) is 5.69. The lowest BCUT2D eigenvalue weighted by Gasteiger charge is -2.18. The molecule has 1 aliphatic rings. The zero-order valence-electron chi connectivity index (χ0n) is 15.8. The number of rotatable bonds is 6. The van der Waals surface area contributed by atoms with Gasteiger partial charge >= 0.3 is 0 Å². The Labute approximate surface area is 164 Å². The van der Waals surface area contributed by atoms with Crippen molar-refractivity contribution in [2.75, 3.05) is 10.0 Å². The van der Waals surface area contributed by atoms with Gasteiger partial charge in [0.15, 0.2) is 0 Å². The predicted molar refractivity (Wildman–Crippen MR) is 108 cm³/mol. The fraction of sp³-hybridized carbons (Fsp3) is 0.300. The lowest BCUT2D eigenvalue weighted by atomic mass is 10.0. The molecule has 2 aromatic rings. The molecule has 3 N–H and O–H groups in total. The first-order valence-corrected chi connectivity index (χ1v) is 10.6. The number of hydrogen-bond donors (Lipinski definition) is 3. The van der Waals surface area contributed by atoms with Crippen molar-refractivity contribution in [3.8, 4) is 0 Å². The van der Waals surface area contributed by atoms with Gasteiger partial charge in [0.2, 0.25) is 5.91 Å². The molecule has 1 unspecified atom stereocenters. The largest absolute Gasteiger partial charge is 0.350 e. The zero-order chi connectivity index (χ0) is 20.3. The van der Waals surface area contributed by atoms with Crippen LogP contribution in [0.3, 0.4) is 0 Å². The Morgan fingerprint density at radius 3 is 2.68 bits per heavy atom.